The number of nitrogens with two attached hydrogens (primary N) is 1. The molecule has 0 unspecified atom stereocenters. The number of hydrogen-bond donors (Lipinski definition) is 2. The molecular formula is C11H11ClN2O2. The summed E-state index contributed by atoms with van der Waals surface area (Å²) in [6.45, 7) is 3.68. The van der Waals surface area contributed by atoms with Crippen molar-refractivity contribution < 1.29 is 9.63 Å². The molecule has 2 rings (SSSR count). The van der Waals surface area contributed by atoms with E-state index in [1.807, 2.05) is 13.8 Å². The summed E-state index contributed by atoms with van der Waals surface area (Å²) < 4.78 is 4.82. The number of aryl methyl sites for hydroxylation is 1. The summed E-state index contributed by atoms with van der Waals surface area (Å²) in [7, 11) is 0. The van der Waals surface area contributed by atoms with Gasteiger partial charge < -0.3 is 15.4 Å². The molecule has 5 heteroatoms. The molecule has 0 aliphatic rings. The second kappa shape index (κ2) is 3.72. The summed E-state index contributed by atoms with van der Waals surface area (Å²) in [5.41, 5.74) is 8.55. The maximum Gasteiger partial charge on any atom is 0.222 e. The zero-order chi connectivity index (χ0) is 11.9. The van der Waals surface area contributed by atoms with Gasteiger partial charge in [-0.25, -0.2) is 0 Å². The molecule has 0 saturated heterocycles. The first-order valence-electron chi connectivity index (χ1n) is 4.72. The fourth-order valence-electron chi connectivity index (χ4n) is 1.74. The van der Waals surface area contributed by atoms with Crippen LogP contribution in [-0.2, 0) is 0 Å². The predicted octanol–water partition coefficient (Wildman–Crippen LogP) is 2.90. The summed E-state index contributed by atoms with van der Waals surface area (Å²) in [6.07, 6.45) is 0. The second-order valence-corrected chi connectivity index (χ2v) is 4.02. The van der Waals surface area contributed by atoms with E-state index in [2.05, 4.69) is 5.16 Å². The molecule has 84 valence electrons. The van der Waals surface area contributed by atoms with Crippen molar-refractivity contribution >= 4 is 17.5 Å². The van der Waals surface area contributed by atoms with Gasteiger partial charge in [-0.15, -0.1) is 0 Å². The van der Waals surface area contributed by atoms with E-state index in [0.717, 1.165) is 16.7 Å². The Balaban J connectivity index is 2.70. The van der Waals surface area contributed by atoms with Gasteiger partial charge in [0, 0.05) is 11.6 Å². The summed E-state index contributed by atoms with van der Waals surface area (Å²) in [5, 5.41) is 13.7. The van der Waals surface area contributed by atoms with Gasteiger partial charge >= 0.3 is 0 Å². The SMILES string of the molecule is Cc1cc(O)c(Cl)c(C)c1-c1cc(N)on1. The van der Waals surface area contributed by atoms with Gasteiger partial charge in [0.05, 0.1) is 5.02 Å². The molecule has 0 aliphatic carbocycles. The Kier molecular flexibility index (Phi) is 2.52. The Morgan fingerprint density at radius 2 is 2.06 bits per heavy atom. The lowest BCUT2D eigenvalue weighted by Crippen LogP contribution is -1.90. The Bertz CT molecular complexity index is 549. The summed E-state index contributed by atoms with van der Waals surface area (Å²) in [6, 6.07) is 3.22. The fourth-order valence-corrected chi connectivity index (χ4v) is 1.89. The smallest absolute Gasteiger partial charge is 0.222 e. The van der Waals surface area contributed by atoms with Gasteiger partial charge in [-0.1, -0.05) is 16.8 Å². The van der Waals surface area contributed by atoms with Crippen molar-refractivity contribution in [2.75, 3.05) is 5.73 Å². The Morgan fingerprint density at radius 3 is 2.62 bits per heavy atom. The quantitative estimate of drug-likeness (QED) is 0.801. The molecule has 4 nitrogen and oxygen atoms in total. The van der Waals surface area contributed by atoms with Crippen LogP contribution in [0.15, 0.2) is 16.7 Å². The van der Waals surface area contributed by atoms with E-state index >= 15 is 0 Å². The average Bonchev–Trinajstić information content (AvgIpc) is 2.61. The molecule has 1 heterocycles. The number of nitrogen functional groups attached to an aromatic ring is 1. The van der Waals surface area contributed by atoms with Crippen molar-refractivity contribution in [1.82, 2.24) is 5.16 Å². The largest absolute Gasteiger partial charge is 0.506 e. The minimum absolute atomic E-state index is 0.0666. The lowest BCUT2D eigenvalue weighted by Gasteiger charge is -2.09. The lowest BCUT2D eigenvalue weighted by atomic mass is 9.99. The normalized spacial score (nSPS) is 10.7. The number of nitrogens with zero attached hydrogens (tertiary/aromatic N) is 1. The van der Waals surface area contributed by atoms with Gasteiger partial charge in [-0.05, 0) is 31.0 Å². The maximum atomic E-state index is 9.56. The first-order valence-corrected chi connectivity index (χ1v) is 5.09. The lowest BCUT2D eigenvalue weighted by molar-refractivity contribution is 0.439. The third-order valence-electron chi connectivity index (χ3n) is 2.46. The molecular weight excluding hydrogens is 228 g/mol. The highest BCUT2D eigenvalue weighted by molar-refractivity contribution is 6.33. The number of phenols is 1. The van der Waals surface area contributed by atoms with Crippen molar-refractivity contribution in [3.63, 3.8) is 0 Å². The van der Waals surface area contributed by atoms with Crippen molar-refractivity contribution in [3.05, 3.63) is 28.3 Å². The second-order valence-electron chi connectivity index (χ2n) is 3.64. The molecule has 0 atom stereocenters. The standard InChI is InChI=1S/C11H11ClN2O2/c1-5-3-8(15)11(12)6(2)10(5)7-4-9(13)16-14-7/h3-4,15H,13H2,1-2H3. The number of benzene rings is 1. The van der Waals surface area contributed by atoms with Crippen LogP contribution in [0.5, 0.6) is 5.75 Å². The minimum atomic E-state index is 0.0666. The number of aromatic nitrogens is 1. The molecule has 3 N–H and O–H groups in total. The van der Waals surface area contributed by atoms with E-state index in [-0.39, 0.29) is 11.6 Å². The number of anilines is 1. The number of aromatic hydroxyl groups is 1. The topological polar surface area (TPSA) is 72.3 Å². The van der Waals surface area contributed by atoms with Crippen LogP contribution in [0, 0.1) is 13.8 Å². The van der Waals surface area contributed by atoms with Crippen LogP contribution < -0.4 is 5.73 Å². The van der Waals surface area contributed by atoms with E-state index in [9.17, 15) is 5.11 Å². The highest BCUT2D eigenvalue weighted by atomic mass is 35.5. The van der Waals surface area contributed by atoms with Crippen LogP contribution in [0.25, 0.3) is 11.3 Å². The Morgan fingerprint density at radius 1 is 1.38 bits per heavy atom. The van der Waals surface area contributed by atoms with E-state index in [1.54, 1.807) is 12.1 Å². The van der Waals surface area contributed by atoms with Gasteiger partial charge in [0.1, 0.15) is 11.4 Å². The predicted molar refractivity (Wildman–Crippen MR) is 62.5 cm³/mol. The van der Waals surface area contributed by atoms with E-state index in [1.165, 1.54) is 0 Å². The van der Waals surface area contributed by atoms with Crippen LogP contribution >= 0.6 is 11.6 Å². The third-order valence-corrected chi connectivity index (χ3v) is 2.94. The number of rotatable bonds is 1. The van der Waals surface area contributed by atoms with Gasteiger partial charge in [0.25, 0.3) is 0 Å². The highest BCUT2D eigenvalue weighted by Gasteiger charge is 2.15. The van der Waals surface area contributed by atoms with Gasteiger partial charge in [0.2, 0.25) is 5.88 Å². The molecule has 0 spiro atoms. The maximum absolute atomic E-state index is 9.56. The van der Waals surface area contributed by atoms with Crippen molar-refractivity contribution in [1.29, 1.82) is 0 Å². The highest BCUT2D eigenvalue weighted by Crippen LogP contribution is 2.37. The molecule has 1 aromatic carbocycles. The van der Waals surface area contributed by atoms with Gasteiger partial charge in [-0.3, -0.25) is 0 Å². The number of phenolic OH excluding ortho intramolecular Hbond substituents is 1. The Hall–Kier alpha value is -1.68. The van der Waals surface area contributed by atoms with Crippen molar-refractivity contribution in [3.8, 4) is 17.0 Å². The minimum Gasteiger partial charge on any atom is -0.506 e. The average molecular weight is 239 g/mol. The summed E-state index contributed by atoms with van der Waals surface area (Å²) in [4.78, 5) is 0. The molecule has 0 aliphatic heterocycles. The molecule has 0 radical (unpaired) electrons. The number of halogens is 1. The molecule has 0 saturated carbocycles. The molecule has 0 fully saturated rings. The van der Waals surface area contributed by atoms with E-state index < -0.39 is 0 Å². The zero-order valence-electron chi connectivity index (χ0n) is 8.91. The Labute approximate surface area is 97.6 Å². The monoisotopic (exact) mass is 238 g/mol. The molecule has 2 aromatic rings. The third kappa shape index (κ3) is 1.61. The molecule has 16 heavy (non-hydrogen) atoms. The van der Waals surface area contributed by atoms with Gasteiger partial charge in [-0.2, -0.15) is 0 Å². The fraction of sp³-hybridized carbons (Fsp3) is 0.182. The van der Waals surface area contributed by atoms with Crippen LogP contribution in [0.4, 0.5) is 5.88 Å². The molecule has 0 amide bonds. The van der Waals surface area contributed by atoms with E-state index in [0.29, 0.717) is 10.7 Å². The van der Waals surface area contributed by atoms with Crippen LogP contribution in [0.1, 0.15) is 11.1 Å². The number of hydrogen-bond acceptors (Lipinski definition) is 4. The van der Waals surface area contributed by atoms with Gasteiger partial charge in [0.15, 0.2) is 0 Å². The summed E-state index contributed by atoms with van der Waals surface area (Å²) in [5.74, 6) is 0.315. The van der Waals surface area contributed by atoms with E-state index in [4.69, 9.17) is 21.9 Å². The van der Waals surface area contributed by atoms with Crippen LogP contribution in [-0.4, -0.2) is 10.3 Å². The van der Waals surface area contributed by atoms with Crippen LogP contribution in [0.3, 0.4) is 0 Å². The first-order chi connectivity index (χ1) is 7.50. The first kappa shape index (κ1) is 10.8. The van der Waals surface area contributed by atoms with Crippen LogP contribution in [0.2, 0.25) is 5.02 Å². The summed E-state index contributed by atoms with van der Waals surface area (Å²) >= 11 is 5.97. The molecule has 0 bridgehead atoms. The van der Waals surface area contributed by atoms with Crippen molar-refractivity contribution in [2.45, 2.75) is 13.8 Å². The zero-order valence-corrected chi connectivity index (χ0v) is 9.67. The van der Waals surface area contributed by atoms with Crippen molar-refractivity contribution in [2.24, 2.45) is 0 Å². The molecule has 1 aromatic heterocycles.